The number of carbonyl (C=O) groups excluding carboxylic acids is 1. The van der Waals surface area contributed by atoms with Gasteiger partial charge >= 0.3 is 0 Å². The van der Waals surface area contributed by atoms with Crippen LogP contribution in [0.1, 0.15) is 19.8 Å². The molecule has 3 rings (SSSR count). The molecule has 0 aromatic carbocycles. The molecule has 0 radical (unpaired) electrons. The summed E-state index contributed by atoms with van der Waals surface area (Å²) >= 11 is 0. The van der Waals surface area contributed by atoms with Gasteiger partial charge in [-0.3, -0.25) is 4.79 Å². The molecule has 1 amide bonds. The Balaban J connectivity index is 1.87. The highest BCUT2D eigenvalue weighted by atomic mass is 16.1. The minimum atomic E-state index is -0.0551. The summed E-state index contributed by atoms with van der Waals surface area (Å²) in [6.45, 7) is 5.78. The number of hydrogen-bond acceptors (Lipinski definition) is 3. The Morgan fingerprint density at radius 1 is 1.53 bits per heavy atom. The van der Waals surface area contributed by atoms with Crippen molar-refractivity contribution in [2.24, 2.45) is 17.6 Å². The molecule has 2 bridgehead atoms. The maximum atomic E-state index is 11.7. The van der Waals surface area contributed by atoms with Crippen LogP contribution >= 0.6 is 0 Å². The Hall–Kier alpha value is -0.610. The lowest BCUT2D eigenvalue weighted by molar-refractivity contribution is -0.126. The van der Waals surface area contributed by atoms with Crippen LogP contribution in [0.4, 0.5) is 0 Å². The predicted molar refractivity (Wildman–Crippen MR) is 59.3 cm³/mol. The molecule has 86 valence electrons. The van der Waals surface area contributed by atoms with Gasteiger partial charge in [0, 0.05) is 25.0 Å². The van der Waals surface area contributed by atoms with Gasteiger partial charge in [-0.05, 0) is 31.8 Å². The number of nitrogens with two attached hydrogens (primary N) is 1. The standard InChI is InChI=1S/C11H21N3O/c1-8(6-12)11(15)13-10-7-14-4-2-9(10)3-5-14/h8-10H,2-7,12H2,1H3,(H,13,15). The van der Waals surface area contributed by atoms with E-state index in [0.717, 1.165) is 6.54 Å². The van der Waals surface area contributed by atoms with E-state index in [4.69, 9.17) is 5.73 Å². The van der Waals surface area contributed by atoms with Crippen LogP contribution in [-0.4, -0.2) is 43.0 Å². The Bertz CT molecular complexity index is 236. The molecule has 3 N–H and O–H groups in total. The first kappa shape index (κ1) is 10.9. The quantitative estimate of drug-likeness (QED) is 0.679. The SMILES string of the molecule is CC(CN)C(=O)NC1CN2CCC1CC2. The molecule has 3 aliphatic rings. The summed E-state index contributed by atoms with van der Waals surface area (Å²) in [6, 6.07) is 0.369. The van der Waals surface area contributed by atoms with Gasteiger partial charge < -0.3 is 16.0 Å². The molecule has 0 saturated carbocycles. The van der Waals surface area contributed by atoms with Crippen LogP contribution in [0.2, 0.25) is 0 Å². The van der Waals surface area contributed by atoms with E-state index in [-0.39, 0.29) is 11.8 Å². The van der Waals surface area contributed by atoms with Gasteiger partial charge in [-0.25, -0.2) is 0 Å². The van der Waals surface area contributed by atoms with Crippen LogP contribution in [-0.2, 0) is 4.79 Å². The molecule has 3 fully saturated rings. The summed E-state index contributed by atoms with van der Waals surface area (Å²) in [5.41, 5.74) is 5.48. The molecule has 2 unspecified atom stereocenters. The zero-order chi connectivity index (χ0) is 10.8. The molecule has 2 atom stereocenters. The van der Waals surface area contributed by atoms with Crippen LogP contribution in [0.25, 0.3) is 0 Å². The second-order valence-electron chi connectivity index (χ2n) is 4.89. The first-order valence-corrected chi connectivity index (χ1v) is 5.93. The molecule has 3 heterocycles. The lowest BCUT2D eigenvalue weighted by atomic mass is 9.84. The van der Waals surface area contributed by atoms with Crippen LogP contribution in [0, 0.1) is 11.8 Å². The second kappa shape index (κ2) is 4.49. The summed E-state index contributed by atoms with van der Waals surface area (Å²) in [5.74, 6) is 0.764. The minimum Gasteiger partial charge on any atom is -0.352 e. The van der Waals surface area contributed by atoms with Gasteiger partial charge in [-0.2, -0.15) is 0 Å². The summed E-state index contributed by atoms with van der Waals surface area (Å²) in [5, 5.41) is 3.14. The van der Waals surface area contributed by atoms with Crippen molar-refractivity contribution in [2.75, 3.05) is 26.2 Å². The van der Waals surface area contributed by atoms with Crippen LogP contribution in [0.5, 0.6) is 0 Å². The summed E-state index contributed by atoms with van der Waals surface area (Å²) in [4.78, 5) is 14.2. The van der Waals surface area contributed by atoms with Crippen molar-refractivity contribution >= 4 is 5.91 Å². The maximum absolute atomic E-state index is 11.7. The number of amides is 1. The van der Waals surface area contributed by atoms with E-state index in [1.54, 1.807) is 0 Å². The highest BCUT2D eigenvalue weighted by molar-refractivity contribution is 5.78. The van der Waals surface area contributed by atoms with Crippen molar-refractivity contribution in [1.82, 2.24) is 10.2 Å². The highest BCUT2D eigenvalue weighted by Crippen LogP contribution is 2.27. The normalized spacial score (nSPS) is 36.3. The maximum Gasteiger partial charge on any atom is 0.224 e. The third-order valence-electron chi connectivity index (χ3n) is 3.78. The van der Waals surface area contributed by atoms with Gasteiger partial charge in [0.25, 0.3) is 0 Å². The summed E-state index contributed by atoms with van der Waals surface area (Å²) < 4.78 is 0. The van der Waals surface area contributed by atoms with Crippen LogP contribution in [0.3, 0.4) is 0 Å². The van der Waals surface area contributed by atoms with E-state index in [1.165, 1.54) is 25.9 Å². The van der Waals surface area contributed by atoms with Crippen molar-refractivity contribution in [3.63, 3.8) is 0 Å². The zero-order valence-electron chi connectivity index (χ0n) is 9.41. The first-order chi connectivity index (χ1) is 7.20. The monoisotopic (exact) mass is 211 g/mol. The van der Waals surface area contributed by atoms with Crippen LogP contribution in [0.15, 0.2) is 0 Å². The lowest BCUT2D eigenvalue weighted by Gasteiger charge is -2.45. The fourth-order valence-corrected chi connectivity index (χ4v) is 2.56. The van der Waals surface area contributed by atoms with E-state index >= 15 is 0 Å². The number of fused-ring (bicyclic) bond motifs is 3. The highest BCUT2D eigenvalue weighted by Gasteiger charge is 2.35. The summed E-state index contributed by atoms with van der Waals surface area (Å²) in [7, 11) is 0. The van der Waals surface area contributed by atoms with Gasteiger partial charge in [0.1, 0.15) is 0 Å². The third-order valence-corrected chi connectivity index (χ3v) is 3.78. The average molecular weight is 211 g/mol. The van der Waals surface area contributed by atoms with Crippen molar-refractivity contribution < 1.29 is 4.79 Å². The second-order valence-corrected chi connectivity index (χ2v) is 4.89. The third kappa shape index (κ3) is 2.32. The number of nitrogens with one attached hydrogen (secondary N) is 1. The van der Waals surface area contributed by atoms with Crippen LogP contribution < -0.4 is 11.1 Å². The Labute approximate surface area is 91.2 Å². The van der Waals surface area contributed by atoms with E-state index in [2.05, 4.69) is 10.2 Å². The van der Waals surface area contributed by atoms with E-state index in [9.17, 15) is 4.79 Å². The molecule has 0 spiro atoms. The molecule has 3 saturated heterocycles. The Kier molecular flexibility index (Phi) is 3.26. The lowest BCUT2D eigenvalue weighted by Crippen LogP contribution is -2.58. The first-order valence-electron chi connectivity index (χ1n) is 5.93. The van der Waals surface area contributed by atoms with E-state index in [0.29, 0.717) is 18.5 Å². The molecule has 4 nitrogen and oxygen atoms in total. The van der Waals surface area contributed by atoms with Crippen molar-refractivity contribution in [3.05, 3.63) is 0 Å². The predicted octanol–water partition coefficient (Wildman–Crippen LogP) is -0.208. The number of nitrogens with zero attached hydrogens (tertiary/aromatic N) is 1. The minimum absolute atomic E-state index is 0.0551. The van der Waals surface area contributed by atoms with Gasteiger partial charge in [0.15, 0.2) is 0 Å². The summed E-state index contributed by atoms with van der Waals surface area (Å²) in [6.07, 6.45) is 2.48. The van der Waals surface area contributed by atoms with Gasteiger partial charge in [0.05, 0.1) is 0 Å². The smallest absolute Gasteiger partial charge is 0.224 e. The van der Waals surface area contributed by atoms with Gasteiger partial charge in [-0.15, -0.1) is 0 Å². The number of carbonyl (C=O) groups is 1. The molecular formula is C11H21N3O. The molecule has 0 aliphatic carbocycles. The van der Waals surface area contributed by atoms with Crippen molar-refractivity contribution in [3.8, 4) is 0 Å². The van der Waals surface area contributed by atoms with E-state index in [1.807, 2.05) is 6.92 Å². The van der Waals surface area contributed by atoms with Crippen molar-refractivity contribution in [1.29, 1.82) is 0 Å². The van der Waals surface area contributed by atoms with Crippen molar-refractivity contribution in [2.45, 2.75) is 25.8 Å². The molecule has 0 aromatic rings. The molecule has 15 heavy (non-hydrogen) atoms. The zero-order valence-corrected chi connectivity index (χ0v) is 9.41. The average Bonchev–Trinajstić information content (AvgIpc) is 2.29. The van der Waals surface area contributed by atoms with Gasteiger partial charge in [-0.1, -0.05) is 6.92 Å². The number of rotatable bonds is 3. The number of hydrogen-bond donors (Lipinski definition) is 2. The molecular weight excluding hydrogens is 190 g/mol. The molecule has 4 heteroatoms. The Morgan fingerprint density at radius 3 is 2.67 bits per heavy atom. The fraction of sp³-hybridized carbons (Fsp3) is 0.909. The molecule has 3 aliphatic heterocycles. The van der Waals surface area contributed by atoms with Gasteiger partial charge in [0.2, 0.25) is 5.91 Å². The number of piperidine rings is 3. The fourth-order valence-electron chi connectivity index (χ4n) is 2.56. The Morgan fingerprint density at radius 2 is 2.20 bits per heavy atom. The van der Waals surface area contributed by atoms with E-state index < -0.39 is 0 Å². The molecule has 0 aromatic heterocycles. The largest absolute Gasteiger partial charge is 0.352 e. The topological polar surface area (TPSA) is 58.4 Å².